The Bertz CT molecular complexity index is 738. The van der Waals surface area contributed by atoms with Gasteiger partial charge in [0.25, 0.3) is 0 Å². The van der Waals surface area contributed by atoms with Gasteiger partial charge in [-0.25, -0.2) is 4.98 Å². The first-order valence-electron chi connectivity index (χ1n) is 9.48. The van der Waals surface area contributed by atoms with E-state index < -0.39 is 0 Å². The van der Waals surface area contributed by atoms with Gasteiger partial charge in [-0.15, -0.1) is 0 Å². The van der Waals surface area contributed by atoms with Gasteiger partial charge in [-0.05, 0) is 39.8 Å². The average Bonchev–Trinajstić information content (AvgIpc) is 3.06. The number of aromatic nitrogens is 3. The van der Waals surface area contributed by atoms with E-state index in [-0.39, 0.29) is 18.0 Å². The van der Waals surface area contributed by atoms with E-state index in [0.717, 1.165) is 36.5 Å². The minimum absolute atomic E-state index is 0.0537. The van der Waals surface area contributed by atoms with Crippen molar-refractivity contribution < 1.29 is 4.79 Å². The Labute approximate surface area is 155 Å². The maximum absolute atomic E-state index is 13.1. The Morgan fingerprint density at radius 1 is 1.23 bits per heavy atom. The molecule has 3 heterocycles. The summed E-state index contributed by atoms with van der Waals surface area (Å²) >= 11 is 0. The fourth-order valence-corrected chi connectivity index (χ4v) is 3.62. The molecule has 2 aromatic rings. The largest absolute Gasteiger partial charge is 0.354 e. The van der Waals surface area contributed by atoms with Crippen molar-refractivity contribution in [1.29, 1.82) is 0 Å². The molecule has 0 saturated carbocycles. The third kappa shape index (κ3) is 3.80. The summed E-state index contributed by atoms with van der Waals surface area (Å²) in [5.41, 5.74) is 3.10. The molecule has 1 atom stereocenters. The van der Waals surface area contributed by atoms with Gasteiger partial charge in [0.15, 0.2) is 0 Å². The molecule has 1 amide bonds. The number of hydrogen-bond donors (Lipinski definition) is 1. The van der Waals surface area contributed by atoms with Crippen LogP contribution in [0.3, 0.4) is 0 Å². The minimum Gasteiger partial charge on any atom is -0.354 e. The van der Waals surface area contributed by atoms with Crippen LogP contribution < -0.4 is 5.32 Å². The molecule has 3 rings (SSSR count). The van der Waals surface area contributed by atoms with Gasteiger partial charge in [0.2, 0.25) is 5.91 Å². The van der Waals surface area contributed by atoms with Crippen molar-refractivity contribution in [2.24, 2.45) is 0 Å². The molecule has 0 saturated heterocycles. The number of carbonyl (C=O) groups is 1. The van der Waals surface area contributed by atoms with Crippen molar-refractivity contribution >= 4 is 5.91 Å². The molecule has 0 radical (unpaired) electrons. The van der Waals surface area contributed by atoms with Crippen molar-refractivity contribution in [2.45, 2.75) is 58.7 Å². The molecule has 6 nitrogen and oxygen atoms in total. The van der Waals surface area contributed by atoms with E-state index in [9.17, 15) is 4.79 Å². The third-order valence-electron chi connectivity index (χ3n) is 4.98. The van der Waals surface area contributed by atoms with Crippen molar-refractivity contribution in [1.82, 2.24) is 24.8 Å². The van der Waals surface area contributed by atoms with Crippen molar-refractivity contribution in [3.05, 3.63) is 47.8 Å². The van der Waals surface area contributed by atoms with Gasteiger partial charge in [-0.1, -0.05) is 6.07 Å². The van der Waals surface area contributed by atoms with Crippen LogP contribution in [0.5, 0.6) is 0 Å². The van der Waals surface area contributed by atoms with Gasteiger partial charge in [0.05, 0.1) is 17.7 Å². The predicted molar refractivity (Wildman–Crippen MR) is 102 cm³/mol. The lowest BCUT2D eigenvalue weighted by Gasteiger charge is -2.38. The summed E-state index contributed by atoms with van der Waals surface area (Å²) in [7, 11) is 0. The number of fused-ring (bicyclic) bond motifs is 1. The smallest absolute Gasteiger partial charge is 0.243 e. The third-order valence-corrected chi connectivity index (χ3v) is 4.98. The first kappa shape index (κ1) is 18.6. The molecule has 26 heavy (non-hydrogen) atoms. The monoisotopic (exact) mass is 355 g/mol. The summed E-state index contributed by atoms with van der Waals surface area (Å²) in [5.74, 6) is 0.0537. The van der Waals surface area contributed by atoms with Crippen molar-refractivity contribution in [3.63, 3.8) is 0 Å². The SMILES string of the molecule is CC(C)N1CCc2ncn(C(C)C)c2C1C(=O)NCCc1ccccn1. The highest BCUT2D eigenvalue weighted by Gasteiger charge is 2.37. The first-order chi connectivity index (χ1) is 12.5. The molecule has 1 N–H and O–H groups in total. The zero-order valence-corrected chi connectivity index (χ0v) is 16.1. The molecule has 140 valence electrons. The van der Waals surface area contributed by atoms with Crippen LogP contribution in [0, 0.1) is 0 Å². The van der Waals surface area contributed by atoms with Crippen LogP contribution in [-0.2, 0) is 17.6 Å². The highest BCUT2D eigenvalue weighted by molar-refractivity contribution is 5.83. The summed E-state index contributed by atoms with van der Waals surface area (Å²) < 4.78 is 2.15. The van der Waals surface area contributed by atoms with Gasteiger partial charge in [-0.3, -0.25) is 14.7 Å². The van der Waals surface area contributed by atoms with Crippen LogP contribution in [0.1, 0.15) is 56.9 Å². The Balaban J connectivity index is 1.78. The topological polar surface area (TPSA) is 63.1 Å². The van der Waals surface area contributed by atoms with Crippen LogP contribution in [0.25, 0.3) is 0 Å². The second kappa shape index (κ2) is 7.99. The molecule has 1 aliphatic rings. The normalized spacial score (nSPS) is 17.5. The number of rotatable bonds is 6. The minimum atomic E-state index is -0.285. The molecule has 6 heteroatoms. The van der Waals surface area contributed by atoms with Crippen LogP contribution in [-0.4, -0.2) is 44.5 Å². The standard InChI is InChI=1S/C20H29N5O/c1-14(2)24-12-9-17-18(25(13-23-17)15(3)4)19(24)20(26)22-11-8-16-7-5-6-10-21-16/h5-7,10,13-15,19H,8-9,11-12H2,1-4H3,(H,22,26). The summed E-state index contributed by atoms with van der Waals surface area (Å²) in [6.07, 6.45) is 5.29. The van der Waals surface area contributed by atoms with Crippen LogP contribution >= 0.6 is 0 Å². The molecule has 0 aliphatic carbocycles. The van der Waals surface area contributed by atoms with Gasteiger partial charge in [0, 0.05) is 49.9 Å². The second-order valence-corrected chi connectivity index (χ2v) is 7.42. The number of nitrogens with zero attached hydrogens (tertiary/aromatic N) is 4. The summed E-state index contributed by atoms with van der Waals surface area (Å²) in [6.45, 7) is 10.0. The Kier molecular flexibility index (Phi) is 5.71. The van der Waals surface area contributed by atoms with Crippen molar-refractivity contribution in [2.75, 3.05) is 13.1 Å². The average molecular weight is 355 g/mol. The Morgan fingerprint density at radius 3 is 2.69 bits per heavy atom. The molecule has 0 spiro atoms. The molecule has 1 unspecified atom stereocenters. The summed E-state index contributed by atoms with van der Waals surface area (Å²) in [4.78, 5) is 24.3. The highest BCUT2D eigenvalue weighted by Crippen LogP contribution is 2.32. The number of hydrogen-bond acceptors (Lipinski definition) is 4. The predicted octanol–water partition coefficient (Wildman–Crippen LogP) is 2.53. The number of amides is 1. The Morgan fingerprint density at radius 2 is 2.04 bits per heavy atom. The highest BCUT2D eigenvalue weighted by atomic mass is 16.2. The van der Waals surface area contributed by atoms with Gasteiger partial charge in [0.1, 0.15) is 6.04 Å². The van der Waals surface area contributed by atoms with E-state index in [0.29, 0.717) is 12.6 Å². The zero-order chi connectivity index (χ0) is 18.7. The van der Waals surface area contributed by atoms with Gasteiger partial charge in [-0.2, -0.15) is 0 Å². The molecule has 2 aromatic heterocycles. The first-order valence-corrected chi connectivity index (χ1v) is 9.48. The van der Waals surface area contributed by atoms with Gasteiger partial charge >= 0.3 is 0 Å². The number of nitrogens with one attached hydrogen (secondary N) is 1. The van der Waals surface area contributed by atoms with E-state index in [1.54, 1.807) is 6.20 Å². The summed E-state index contributed by atoms with van der Waals surface area (Å²) in [5, 5.41) is 3.12. The fraction of sp³-hybridized carbons (Fsp3) is 0.550. The maximum atomic E-state index is 13.1. The van der Waals surface area contributed by atoms with E-state index in [4.69, 9.17) is 0 Å². The van der Waals surface area contributed by atoms with E-state index in [1.807, 2.05) is 24.5 Å². The lowest BCUT2D eigenvalue weighted by atomic mass is 9.99. The zero-order valence-electron chi connectivity index (χ0n) is 16.1. The number of imidazole rings is 1. The number of carbonyl (C=O) groups excluding carboxylic acids is 1. The van der Waals surface area contributed by atoms with Crippen LogP contribution in [0.4, 0.5) is 0 Å². The quantitative estimate of drug-likeness (QED) is 0.865. The molecule has 0 bridgehead atoms. The lowest BCUT2D eigenvalue weighted by Crippen LogP contribution is -2.48. The van der Waals surface area contributed by atoms with Gasteiger partial charge < -0.3 is 9.88 Å². The summed E-state index contributed by atoms with van der Waals surface area (Å²) in [6, 6.07) is 6.15. The fourth-order valence-electron chi connectivity index (χ4n) is 3.62. The maximum Gasteiger partial charge on any atom is 0.243 e. The van der Waals surface area contributed by atoms with Crippen LogP contribution in [0.2, 0.25) is 0 Å². The van der Waals surface area contributed by atoms with E-state index in [2.05, 4.69) is 52.4 Å². The molecular weight excluding hydrogens is 326 g/mol. The van der Waals surface area contributed by atoms with E-state index >= 15 is 0 Å². The molecule has 0 aromatic carbocycles. The van der Waals surface area contributed by atoms with Crippen LogP contribution in [0.15, 0.2) is 30.7 Å². The lowest BCUT2D eigenvalue weighted by molar-refractivity contribution is -0.128. The molecule has 0 fully saturated rings. The second-order valence-electron chi connectivity index (χ2n) is 7.42. The van der Waals surface area contributed by atoms with Crippen molar-refractivity contribution in [3.8, 4) is 0 Å². The van der Waals surface area contributed by atoms with E-state index in [1.165, 1.54) is 0 Å². The molecular formula is C20H29N5O. The molecule has 1 aliphatic heterocycles. The number of pyridine rings is 1. The Hall–Kier alpha value is -2.21.